The van der Waals surface area contributed by atoms with Crippen molar-refractivity contribution in [2.75, 3.05) is 0 Å². The average Bonchev–Trinajstić information content (AvgIpc) is 2.72. The molecule has 0 saturated carbocycles. The van der Waals surface area contributed by atoms with Gasteiger partial charge in [0.1, 0.15) is 11.6 Å². The molecule has 1 aliphatic heterocycles. The molecule has 0 atom stereocenters. The molecule has 18 heavy (non-hydrogen) atoms. The molecular formula is C13H11BNO2Re-. The second-order valence-electron chi connectivity index (χ2n) is 4.02. The van der Waals surface area contributed by atoms with Gasteiger partial charge in [0.15, 0.2) is 0 Å². The van der Waals surface area contributed by atoms with Crippen molar-refractivity contribution < 1.29 is 29.8 Å². The van der Waals surface area contributed by atoms with Crippen molar-refractivity contribution >= 4 is 12.4 Å². The van der Waals surface area contributed by atoms with E-state index in [1.165, 1.54) is 11.0 Å². The Labute approximate surface area is 120 Å². The predicted molar refractivity (Wildman–Crippen MR) is 65.6 cm³/mol. The number of ether oxygens (including phenoxy) is 1. The monoisotopic (exact) mass is 411 g/mol. The van der Waals surface area contributed by atoms with Crippen molar-refractivity contribution in [1.82, 2.24) is 4.98 Å². The fourth-order valence-corrected chi connectivity index (χ4v) is 1.96. The molecule has 0 unspecified atom stereocenters. The molecule has 1 aliphatic rings. The zero-order valence-electron chi connectivity index (χ0n) is 9.89. The summed E-state index contributed by atoms with van der Waals surface area (Å²) >= 11 is 0. The largest absolute Gasteiger partial charge is 0.499 e. The van der Waals surface area contributed by atoms with Crippen LogP contribution in [0.1, 0.15) is 5.56 Å². The third-order valence-electron chi connectivity index (χ3n) is 2.85. The molecule has 0 saturated heterocycles. The van der Waals surface area contributed by atoms with E-state index in [0.29, 0.717) is 12.5 Å². The van der Waals surface area contributed by atoms with E-state index in [9.17, 15) is 0 Å². The quantitative estimate of drug-likeness (QED) is 0.561. The molecule has 0 amide bonds. The van der Waals surface area contributed by atoms with Crippen LogP contribution >= 0.6 is 0 Å². The fourth-order valence-electron chi connectivity index (χ4n) is 1.96. The summed E-state index contributed by atoms with van der Waals surface area (Å²) < 4.78 is 11.2. The van der Waals surface area contributed by atoms with Crippen molar-refractivity contribution in [3.8, 4) is 11.6 Å². The van der Waals surface area contributed by atoms with Crippen molar-refractivity contribution in [2.45, 2.75) is 13.4 Å². The predicted octanol–water partition coefficient (Wildman–Crippen LogP) is 2.03. The molecule has 91 valence electrons. The van der Waals surface area contributed by atoms with Crippen LogP contribution in [-0.4, -0.2) is 11.9 Å². The van der Waals surface area contributed by atoms with Crippen molar-refractivity contribution in [2.24, 2.45) is 0 Å². The van der Waals surface area contributed by atoms with Crippen LogP contribution in [0, 0.1) is 6.20 Å². The molecule has 1 aromatic carbocycles. The molecule has 3 rings (SSSR count). The molecule has 5 heteroatoms. The number of rotatable bonds is 2. The molecule has 0 N–H and O–H groups in total. The number of benzene rings is 1. The first-order valence-corrected chi connectivity index (χ1v) is 5.58. The summed E-state index contributed by atoms with van der Waals surface area (Å²) in [6.45, 7) is 2.89. The minimum absolute atomic E-state index is 0. The van der Waals surface area contributed by atoms with Crippen molar-refractivity contribution in [3.63, 3.8) is 0 Å². The number of pyridine rings is 1. The summed E-state index contributed by atoms with van der Waals surface area (Å²) in [6.07, 6.45) is 2.74. The number of aromatic nitrogens is 1. The molecule has 2 heterocycles. The molecule has 1 radical (unpaired) electrons. The van der Waals surface area contributed by atoms with Gasteiger partial charge in [-0.1, -0.05) is 19.1 Å². The van der Waals surface area contributed by atoms with Gasteiger partial charge >= 0.3 is 6.92 Å². The third kappa shape index (κ3) is 2.64. The summed E-state index contributed by atoms with van der Waals surface area (Å²) in [7, 11) is 0. The van der Waals surface area contributed by atoms with Gasteiger partial charge < -0.3 is 14.4 Å². The second kappa shape index (κ2) is 5.66. The molecule has 0 bridgehead atoms. The Kier molecular flexibility index (Phi) is 4.18. The van der Waals surface area contributed by atoms with E-state index >= 15 is 0 Å². The molecule has 0 aliphatic carbocycles. The third-order valence-corrected chi connectivity index (χ3v) is 2.85. The van der Waals surface area contributed by atoms with E-state index in [1.54, 1.807) is 6.07 Å². The van der Waals surface area contributed by atoms with Crippen LogP contribution < -0.4 is 10.2 Å². The number of nitrogens with zero attached hydrogens (tertiary/aromatic N) is 1. The Morgan fingerprint density at radius 3 is 3.06 bits per heavy atom. The molecule has 0 fully saturated rings. The Bertz CT molecular complexity index is 536. The van der Waals surface area contributed by atoms with Crippen molar-refractivity contribution in [3.05, 3.63) is 48.2 Å². The maximum Gasteiger partial charge on any atom is 0.324 e. The van der Waals surface area contributed by atoms with Crippen LogP contribution in [-0.2, 0) is 31.7 Å². The van der Waals surface area contributed by atoms with Crippen LogP contribution in [0.5, 0.6) is 11.6 Å². The van der Waals surface area contributed by atoms with Gasteiger partial charge in [-0.05, 0) is 23.2 Å². The fraction of sp³-hybridized carbons (Fsp3) is 0.154. The maximum absolute atomic E-state index is 5.64. The van der Waals surface area contributed by atoms with Crippen LogP contribution in [0.2, 0.25) is 6.82 Å². The van der Waals surface area contributed by atoms with E-state index < -0.39 is 0 Å². The molecule has 1 aromatic heterocycles. The van der Waals surface area contributed by atoms with E-state index in [0.717, 1.165) is 5.75 Å². The SMILES string of the molecule is CB1OCc2cc(Oc3ccc[c-]n3)ccc21.[Re]. The Morgan fingerprint density at radius 2 is 2.28 bits per heavy atom. The molecular weight excluding hydrogens is 399 g/mol. The second-order valence-corrected chi connectivity index (χ2v) is 4.02. The van der Waals surface area contributed by atoms with Gasteiger partial charge in [0.2, 0.25) is 0 Å². The van der Waals surface area contributed by atoms with Crippen LogP contribution in [0.15, 0.2) is 36.4 Å². The minimum atomic E-state index is 0. The van der Waals surface area contributed by atoms with Gasteiger partial charge in [0.05, 0.1) is 6.61 Å². The summed E-state index contributed by atoms with van der Waals surface area (Å²) in [6, 6.07) is 11.4. The first kappa shape index (κ1) is 13.3. The van der Waals surface area contributed by atoms with Crippen LogP contribution in [0.4, 0.5) is 0 Å². The summed E-state index contributed by atoms with van der Waals surface area (Å²) in [5, 5.41) is 0. The molecule has 2 aromatic rings. The zero-order valence-corrected chi connectivity index (χ0v) is 12.6. The Balaban J connectivity index is 0.00000120. The average molecular weight is 410 g/mol. The normalized spacial score (nSPS) is 12.8. The van der Waals surface area contributed by atoms with Gasteiger partial charge in [-0.25, -0.2) is 0 Å². The summed E-state index contributed by atoms with van der Waals surface area (Å²) in [5.74, 6) is 1.34. The number of fused-ring (bicyclic) bond motifs is 1. The van der Waals surface area contributed by atoms with Gasteiger partial charge in [-0.3, -0.25) is 0 Å². The summed E-state index contributed by atoms with van der Waals surface area (Å²) in [5.41, 5.74) is 2.43. The van der Waals surface area contributed by atoms with E-state index in [2.05, 4.69) is 24.1 Å². The van der Waals surface area contributed by atoms with Crippen LogP contribution in [0.3, 0.4) is 0 Å². The molecule has 0 spiro atoms. The number of hydrogen-bond acceptors (Lipinski definition) is 3. The zero-order chi connectivity index (χ0) is 11.7. The van der Waals surface area contributed by atoms with Crippen molar-refractivity contribution in [1.29, 1.82) is 0 Å². The van der Waals surface area contributed by atoms with Gasteiger partial charge in [0.25, 0.3) is 0 Å². The maximum atomic E-state index is 5.64. The molecule has 3 nitrogen and oxygen atoms in total. The van der Waals surface area contributed by atoms with Gasteiger partial charge in [-0.2, -0.15) is 12.1 Å². The summed E-state index contributed by atoms with van der Waals surface area (Å²) in [4.78, 5) is 4.00. The first-order chi connectivity index (χ1) is 8.33. The smallest absolute Gasteiger partial charge is 0.324 e. The number of hydrogen-bond donors (Lipinski definition) is 0. The topological polar surface area (TPSA) is 31.4 Å². The van der Waals surface area contributed by atoms with Crippen LogP contribution in [0.25, 0.3) is 0 Å². The van der Waals surface area contributed by atoms with E-state index in [1.807, 2.05) is 24.3 Å². The van der Waals surface area contributed by atoms with Gasteiger partial charge in [-0.15, -0.1) is 6.07 Å². The Morgan fingerprint density at radius 1 is 1.39 bits per heavy atom. The minimum Gasteiger partial charge on any atom is -0.499 e. The first-order valence-electron chi connectivity index (χ1n) is 5.58. The van der Waals surface area contributed by atoms with Gasteiger partial charge in [0, 0.05) is 20.4 Å². The Hall–Kier alpha value is -1.14. The standard InChI is InChI=1S/C13H11BNO2.Re/c1-14-12-6-5-11(8-10(12)9-16-14)17-13-4-2-3-7-15-13;/h2-6,8H,9H2,1H3;/q-1;. The van der Waals surface area contributed by atoms with E-state index in [4.69, 9.17) is 9.39 Å². The van der Waals surface area contributed by atoms with E-state index in [-0.39, 0.29) is 27.3 Å².